The smallest absolute Gasteiger partial charge is 0.354 e. The van der Waals surface area contributed by atoms with Crippen LogP contribution in [0, 0.1) is 5.92 Å². The lowest BCUT2D eigenvalue weighted by molar-refractivity contribution is -0.122. The number of hydrogen-bond donors (Lipinski definition) is 3. The summed E-state index contributed by atoms with van der Waals surface area (Å²) < 4.78 is 0. The van der Waals surface area contributed by atoms with E-state index in [-0.39, 0.29) is 29.0 Å². The van der Waals surface area contributed by atoms with E-state index < -0.39 is 5.97 Å². The molecule has 2 amide bonds. The second kappa shape index (κ2) is 6.12. The molecule has 3 N–H and O–H groups in total. The number of pyridine rings is 1. The zero-order valence-electron chi connectivity index (χ0n) is 11.3. The van der Waals surface area contributed by atoms with Gasteiger partial charge in [-0.1, -0.05) is 0 Å². The summed E-state index contributed by atoms with van der Waals surface area (Å²) in [7, 11) is 0. The molecule has 8 heteroatoms. The first-order valence-electron chi connectivity index (χ1n) is 6.30. The van der Waals surface area contributed by atoms with E-state index in [0.717, 1.165) is 0 Å². The van der Waals surface area contributed by atoms with Crippen molar-refractivity contribution in [2.45, 2.75) is 13.3 Å². The van der Waals surface area contributed by atoms with Crippen LogP contribution < -0.4 is 10.7 Å². The van der Waals surface area contributed by atoms with Gasteiger partial charge in [0, 0.05) is 18.5 Å². The third-order valence-electron chi connectivity index (χ3n) is 3.13. The zero-order chi connectivity index (χ0) is 15.4. The number of carbonyl (C=O) groups excluding carboxylic acids is 2. The van der Waals surface area contributed by atoms with E-state index in [9.17, 15) is 14.4 Å². The summed E-state index contributed by atoms with van der Waals surface area (Å²) in [6, 6.07) is 2.65. The maximum atomic E-state index is 11.8. The normalized spacial score (nSPS) is 17.1. The quantitative estimate of drug-likeness (QED) is 0.706. The predicted molar refractivity (Wildman–Crippen MR) is 72.9 cm³/mol. The van der Waals surface area contributed by atoms with E-state index in [0.29, 0.717) is 18.7 Å². The van der Waals surface area contributed by atoms with Crippen molar-refractivity contribution in [2.75, 3.05) is 6.54 Å². The van der Waals surface area contributed by atoms with Crippen molar-refractivity contribution >= 4 is 23.5 Å². The van der Waals surface area contributed by atoms with Crippen LogP contribution in [0.3, 0.4) is 0 Å². The number of nitrogens with one attached hydrogen (secondary N) is 2. The molecule has 1 aromatic rings. The molecule has 0 aromatic carbocycles. The van der Waals surface area contributed by atoms with Crippen LogP contribution in [0.15, 0.2) is 23.4 Å². The Hall–Kier alpha value is -2.77. The molecule has 0 radical (unpaired) electrons. The number of aromatic nitrogens is 1. The molecule has 0 bridgehead atoms. The van der Waals surface area contributed by atoms with Gasteiger partial charge in [0.15, 0.2) is 0 Å². The van der Waals surface area contributed by atoms with Gasteiger partial charge in [-0.3, -0.25) is 9.59 Å². The van der Waals surface area contributed by atoms with Crippen LogP contribution in [0.5, 0.6) is 0 Å². The monoisotopic (exact) mass is 290 g/mol. The van der Waals surface area contributed by atoms with Crippen LogP contribution in [-0.2, 0) is 4.79 Å². The van der Waals surface area contributed by atoms with Gasteiger partial charge in [-0.25, -0.2) is 15.2 Å². The van der Waals surface area contributed by atoms with Crippen molar-refractivity contribution in [1.82, 2.24) is 15.7 Å². The van der Waals surface area contributed by atoms with Gasteiger partial charge in [0.25, 0.3) is 5.91 Å². The maximum absolute atomic E-state index is 11.8. The average Bonchev–Trinajstić information content (AvgIpc) is 2.79. The molecule has 8 nitrogen and oxygen atoms in total. The van der Waals surface area contributed by atoms with Crippen molar-refractivity contribution in [3.63, 3.8) is 0 Å². The standard InChI is InChI=1S/C13H14N4O4/c1-7-9(12(19)17-16-7)4-5-14-11(18)8-2-3-10(13(20)21)15-6-8/h2-3,6,9H,4-5H2,1H3,(H,14,18)(H,17,19)(H,20,21). The molecule has 2 heterocycles. The number of carboxylic acids is 1. The van der Waals surface area contributed by atoms with Gasteiger partial charge in [0.1, 0.15) is 5.69 Å². The van der Waals surface area contributed by atoms with E-state index in [1.54, 1.807) is 6.92 Å². The summed E-state index contributed by atoms with van der Waals surface area (Å²) in [5.41, 5.74) is 3.21. The molecule has 0 saturated carbocycles. The lowest BCUT2D eigenvalue weighted by Crippen LogP contribution is -2.30. The second-order valence-electron chi connectivity index (χ2n) is 4.56. The molecule has 1 unspecified atom stereocenters. The van der Waals surface area contributed by atoms with Crippen molar-refractivity contribution in [3.8, 4) is 0 Å². The Morgan fingerprint density at radius 3 is 2.71 bits per heavy atom. The van der Waals surface area contributed by atoms with Gasteiger partial charge in [-0.05, 0) is 25.5 Å². The molecule has 21 heavy (non-hydrogen) atoms. The highest BCUT2D eigenvalue weighted by atomic mass is 16.4. The fourth-order valence-corrected chi connectivity index (χ4v) is 1.92. The summed E-state index contributed by atoms with van der Waals surface area (Å²) in [5.74, 6) is -2.01. The van der Waals surface area contributed by atoms with Crippen LogP contribution >= 0.6 is 0 Å². The molecule has 0 fully saturated rings. The summed E-state index contributed by atoms with van der Waals surface area (Å²) in [6.07, 6.45) is 1.65. The molecular formula is C13H14N4O4. The number of carboxylic acid groups (broad SMARTS) is 1. The fraction of sp³-hybridized carbons (Fsp3) is 0.308. The number of nitrogens with zero attached hydrogens (tertiary/aromatic N) is 2. The van der Waals surface area contributed by atoms with Crippen LogP contribution in [0.4, 0.5) is 0 Å². The highest BCUT2D eigenvalue weighted by Crippen LogP contribution is 2.10. The largest absolute Gasteiger partial charge is 0.477 e. The van der Waals surface area contributed by atoms with Crippen molar-refractivity contribution in [2.24, 2.45) is 11.0 Å². The lowest BCUT2D eigenvalue weighted by atomic mass is 10.0. The van der Waals surface area contributed by atoms with Crippen molar-refractivity contribution < 1.29 is 19.5 Å². The molecule has 110 valence electrons. The minimum Gasteiger partial charge on any atom is -0.477 e. The number of amides is 2. The van der Waals surface area contributed by atoms with Crippen molar-refractivity contribution in [1.29, 1.82) is 0 Å². The Bertz CT molecular complexity index is 609. The Morgan fingerprint density at radius 1 is 1.43 bits per heavy atom. The van der Waals surface area contributed by atoms with Gasteiger partial charge in [0.2, 0.25) is 5.91 Å². The molecule has 0 aliphatic carbocycles. The number of rotatable bonds is 5. The highest BCUT2D eigenvalue weighted by molar-refractivity contribution is 6.06. The number of hydrazone groups is 1. The molecular weight excluding hydrogens is 276 g/mol. The second-order valence-corrected chi connectivity index (χ2v) is 4.56. The molecule has 1 aromatic heterocycles. The molecule has 1 aliphatic heterocycles. The lowest BCUT2D eigenvalue weighted by Gasteiger charge is -2.09. The van der Waals surface area contributed by atoms with Crippen LogP contribution in [-0.4, -0.2) is 40.1 Å². The summed E-state index contributed by atoms with van der Waals surface area (Å²) in [4.78, 5) is 37.6. The topological polar surface area (TPSA) is 121 Å². The molecule has 2 rings (SSSR count). The van der Waals surface area contributed by atoms with Gasteiger partial charge in [-0.15, -0.1) is 0 Å². The Labute approximate surface area is 120 Å². The van der Waals surface area contributed by atoms with Crippen LogP contribution in [0.2, 0.25) is 0 Å². The first kappa shape index (κ1) is 14.6. The minimum atomic E-state index is -1.15. The first-order valence-corrected chi connectivity index (χ1v) is 6.30. The molecule has 0 saturated heterocycles. The highest BCUT2D eigenvalue weighted by Gasteiger charge is 2.26. The van der Waals surface area contributed by atoms with E-state index in [1.165, 1.54) is 18.3 Å². The van der Waals surface area contributed by atoms with Gasteiger partial charge >= 0.3 is 5.97 Å². The average molecular weight is 290 g/mol. The fourth-order valence-electron chi connectivity index (χ4n) is 1.92. The first-order chi connectivity index (χ1) is 9.99. The zero-order valence-corrected chi connectivity index (χ0v) is 11.3. The van der Waals surface area contributed by atoms with E-state index in [4.69, 9.17) is 5.11 Å². The number of aromatic carboxylic acids is 1. The number of carbonyl (C=O) groups is 3. The Kier molecular flexibility index (Phi) is 4.27. The van der Waals surface area contributed by atoms with Gasteiger partial charge in [0.05, 0.1) is 11.5 Å². The van der Waals surface area contributed by atoms with E-state index in [2.05, 4.69) is 20.8 Å². The molecule has 0 spiro atoms. The predicted octanol–water partition coefficient (Wildman–Crippen LogP) is 0.0216. The van der Waals surface area contributed by atoms with Gasteiger partial charge < -0.3 is 10.4 Å². The molecule has 1 aliphatic rings. The van der Waals surface area contributed by atoms with E-state index >= 15 is 0 Å². The third kappa shape index (κ3) is 3.41. The van der Waals surface area contributed by atoms with Crippen molar-refractivity contribution in [3.05, 3.63) is 29.6 Å². The van der Waals surface area contributed by atoms with E-state index in [1.807, 2.05) is 0 Å². The number of hydrogen-bond acceptors (Lipinski definition) is 5. The molecule has 1 atom stereocenters. The van der Waals surface area contributed by atoms with Crippen LogP contribution in [0.1, 0.15) is 34.2 Å². The summed E-state index contributed by atoms with van der Waals surface area (Å²) in [6.45, 7) is 2.06. The summed E-state index contributed by atoms with van der Waals surface area (Å²) >= 11 is 0. The Morgan fingerprint density at radius 2 is 2.19 bits per heavy atom. The maximum Gasteiger partial charge on any atom is 0.354 e. The minimum absolute atomic E-state index is 0.124. The van der Waals surface area contributed by atoms with Gasteiger partial charge in [-0.2, -0.15) is 5.10 Å². The SMILES string of the molecule is CC1=NNC(=O)C1CCNC(=O)c1ccc(C(=O)O)nc1. The third-order valence-corrected chi connectivity index (χ3v) is 3.13. The summed E-state index contributed by atoms with van der Waals surface area (Å²) in [5, 5.41) is 15.2. The van der Waals surface area contributed by atoms with Crippen LogP contribution in [0.25, 0.3) is 0 Å². The Balaban J connectivity index is 1.86.